The molecule has 0 aromatic carbocycles. The fourth-order valence-corrected chi connectivity index (χ4v) is 2.86. The second-order valence-corrected chi connectivity index (χ2v) is 6.06. The van der Waals surface area contributed by atoms with E-state index in [9.17, 15) is 5.11 Å². The highest BCUT2D eigenvalue weighted by atomic mass is 79.9. The van der Waals surface area contributed by atoms with Crippen LogP contribution >= 0.6 is 27.3 Å². The maximum absolute atomic E-state index is 9.97. The van der Waals surface area contributed by atoms with E-state index in [0.717, 1.165) is 3.79 Å². The number of ether oxygens (including phenoxy) is 1. The maximum atomic E-state index is 9.97. The van der Waals surface area contributed by atoms with Gasteiger partial charge in [-0.05, 0) is 41.9 Å². The number of thiophene rings is 1. The number of hydrogen-bond acceptors (Lipinski definition) is 3. The molecule has 0 bridgehead atoms. The normalized spacial score (nSPS) is 15.4. The maximum Gasteiger partial charge on any atom is 0.0900 e. The molecule has 0 radical (unpaired) electrons. The van der Waals surface area contributed by atoms with Crippen LogP contribution < -0.4 is 0 Å². The quantitative estimate of drug-likeness (QED) is 0.898. The molecule has 80 valence electrons. The molecule has 0 aliphatic carbocycles. The average Bonchev–Trinajstić information content (AvgIpc) is 2.47. The van der Waals surface area contributed by atoms with Crippen molar-refractivity contribution in [1.82, 2.24) is 0 Å². The van der Waals surface area contributed by atoms with Gasteiger partial charge in [-0.1, -0.05) is 0 Å². The van der Waals surface area contributed by atoms with Crippen molar-refractivity contribution in [2.75, 3.05) is 13.2 Å². The van der Waals surface area contributed by atoms with Gasteiger partial charge in [0.15, 0.2) is 0 Å². The van der Waals surface area contributed by atoms with Crippen LogP contribution in [0.3, 0.4) is 0 Å². The molecule has 1 N–H and O–H groups in total. The zero-order valence-electron chi connectivity index (χ0n) is 8.42. The van der Waals surface area contributed by atoms with Gasteiger partial charge >= 0.3 is 0 Å². The van der Waals surface area contributed by atoms with E-state index >= 15 is 0 Å². The van der Waals surface area contributed by atoms with Crippen LogP contribution in [0.5, 0.6) is 0 Å². The first-order valence-corrected chi connectivity index (χ1v) is 6.19. The minimum absolute atomic E-state index is 0.388. The first kappa shape index (κ1) is 12.2. The topological polar surface area (TPSA) is 29.5 Å². The Morgan fingerprint density at radius 1 is 1.57 bits per heavy atom. The molecule has 1 aromatic heterocycles. The van der Waals surface area contributed by atoms with Crippen LogP contribution in [0, 0.1) is 0 Å². The lowest BCUT2D eigenvalue weighted by Crippen LogP contribution is -2.32. The molecule has 4 heteroatoms. The summed E-state index contributed by atoms with van der Waals surface area (Å²) in [6.07, 6.45) is 0.642. The predicted octanol–water partition coefficient (Wildman–Crippen LogP) is 2.84. The molecule has 0 aliphatic heterocycles. The van der Waals surface area contributed by atoms with Crippen molar-refractivity contribution < 1.29 is 9.84 Å². The van der Waals surface area contributed by atoms with Gasteiger partial charge in [0.1, 0.15) is 0 Å². The molecule has 1 atom stereocenters. The Morgan fingerprint density at radius 3 is 2.79 bits per heavy atom. The Bertz CT molecular complexity index is 283. The molecule has 0 spiro atoms. The van der Waals surface area contributed by atoms with Gasteiger partial charge in [0.25, 0.3) is 0 Å². The molecule has 0 saturated heterocycles. The third-order valence-electron chi connectivity index (χ3n) is 1.80. The Labute approximate surface area is 97.0 Å². The zero-order valence-corrected chi connectivity index (χ0v) is 10.8. The third kappa shape index (κ3) is 4.09. The molecule has 1 heterocycles. The van der Waals surface area contributed by atoms with Crippen LogP contribution in [0.4, 0.5) is 0 Å². The molecule has 0 saturated carbocycles. The van der Waals surface area contributed by atoms with Crippen molar-refractivity contribution >= 4 is 27.3 Å². The van der Waals surface area contributed by atoms with E-state index in [0.29, 0.717) is 19.6 Å². The minimum atomic E-state index is -0.764. The molecule has 0 aliphatic rings. The largest absolute Gasteiger partial charge is 0.387 e. The van der Waals surface area contributed by atoms with Gasteiger partial charge in [0.2, 0.25) is 0 Å². The summed E-state index contributed by atoms with van der Waals surface area (Å²) in [5.74, 6) is 0. The van der Waals surface area contributed by atoms with Crippen molar-refractivity contribution in [2.24, 2.45) is 0 Å². The minimum Gasteiger partial charge on any atom is -0.387 e. The lowest BCUT2D eigenvalue weighted by atomic mass is 10.0. The van der Waals surface area contributed by atoms with Crippen LogP contribution in [-0.2, 0) is 11.2 Å². The number of rotatable bonds is 5. The Hall–Kier alpha value is 0.1000. The van der Waals surface area contributed by atoms with Gasteiger partial charge in [-0.25, -0.2) is 0 Å². The van der Waals surface area contributed by atoms with Crippen molar-refractivity contribution in [3.05, 3.63) is 20.8 Å². The van der Waals surface area contributed by atoms with E-state index in [-0.39, 0.29) is 0 Å². The van der Waals surface area contributed by atoms with Gasteiger partial charge < -0.3 is 9.84 Å². The monoisotopic (exact) mass is 278 g/mol. The van der Waals surface area contributed by atoms with E-state index in [4.69, 9.17) is 4.74 Å². The van der Waals surface area contributed by atoms with Crippen LogP contribution in [0.1, 0.15) is 18.7 Å². The highest BCUT2D eigenvalue weighted by Crippen LogP contribution is 2.25. The van der Waals surface area contributed by atoms with Crippen molar-refractivity contribution in [2.45, 2.75) is 25.9 Å². The summed E-state index contributed by atoms with van der Waals surface area (Å²) in [6, 6.07) is 4.02. The van der Waals surface area contributed by atoms with Crippen LogP contribution in [0.25, 0.3) is 0 Å². The molecule has 1 aromatic rings. The summed E-state index contributed by atoms with van der Waals surface area (Å²) in [7, 11) is 0. The lowest BCUT2D eigenvalue weighted by molar-refractivity contribution is -0.0291. The molecule has 0 fully saturated rings. The Morgan fingerprint density at radius 2 is 2.29 bits per heavy atom. The van der Waals surface area contributed by atoms with Gasteiger partial charge in [0, 0.05) is 17.9 Å². The average molecular weight is 279 g/mol. The molecular weight excluding hydrogens is 264 g/mol. The molecule has 1 unspecified atom stereocenters. The molecule has 2 nitrogen and oxygen atoms in total. The lowest BCUT2D eigenvalue weighted by Gasteiger charge is -2.21. The van der Waals surface area contributed by atoms with Gasteiger partial charge in [-0.2, -0.15) is 0 Å². The first-order chi connectivity index (χ1) is 6.53. The summed E-state index contributed by atoms with van der Waals surface area (Å²) in [4.78, 5) is 1.17. The Balaban J connectivity index is 2.49. The molecule has 1 rings (SSSR count). The summed E-state index contributed by atoms with van der Waals surface area (Å²) >= 11 is 5.05. The fourth-order valence-electron chi connectivity index (χ4n) is 1.20. The number of halogens is 1. The standard InChI is InChI=1S/C10H15BrO2S/c1-3-13-7-10(2,12)6-8-4-5-9(11)14-8/h4-5,12H,3,6-7H2,1-2H3. The number of aliphatic hydroxyl groups is 1. The van der Waals surface area contributed by atoms with E-state index in [1.165, 1.54) is 4.88 Å². The fraction of sp³-hybridized carbons (Fsp3) is 0.600. The molecule has 14 heavy (non-hydrogen) atoms. The van der Waals surface area contributed by atoms with E-state index in [1.807, 2.05) is 19.1 Å². The van der Waals surface area contributed by atoms with E-state index in [1.54, 1.807) is 18.3 Å². The Kier molecular flexibility index (Phi) is 4.57. The second-order valence-electron chi connectivity index (χ2n) is 3.52. The predicted molar refractivity (Wildman–Crippen MR) is 62.8 cm³/mol. The highest BCUT2D eigenvalue weighted by molar-refractivity contribution is 9.11. The summed E-state index contributed by atoms with van der Waals surface area (Å²) in [5.41, 5.74) is -0.764. The summed E-state index contributed by atoms with van der Waals surface area (Å²) in [6.45, 7) is 4.76. The number of hydrogen-bond donors (Lipinski definition) is 1. The smallest absolute Gasteiger partial charge is 0.0900 e. The SMILES string of the molecule is CCOCC(C)(O)Cc1ccc(Br)s1. The summed E-state index contributed by atoms with van der Waals surface area (Å²) < 4.78 is 6.32. The van der Waals surface area contributed by atoms with Crippen LogP contribution in [-0.4, -0.2) is 23.9 Å². The van der Waals surface area contributed by atoms with Crippen LogP contribution in [0.15, 0.2) is 15.9 Å². The van der Waals surface area contributed by atoms with Crippen LogP contribution in [0.2, 0.25) is 0 Å². The first-order valence-electron chi connectivity index (χ1n) is 4.58. The van der Waals surface area contributed by atoms with E-state index < -0.39 is 5.60 Å². The van der Waals surface area contributed by atoms with Crippen molar-refractivity contribution in [1.29, 1.82) is 0 Å². The summed E-state index contributed by atoms with van der Waals surface area (Å²) in [5, 5.41) is 9.97. The molecular formula is C10H15BrO2S. The van der Waals surface area contributed by atoms with Gasteiger partial charge in [-0.3, -0.25) is 0 Å². The van der Waals surface area contributed by atoms with E-state index in [2.05, 4.69) is 15.9 Å². The zero-order chi connectivity index (χ0) is 10.6. The van der Waals surface area contributed by atoms with Gasteiger partial charge in [-0.15, -0.1) is 11.3 Å². The third-order valence-corrected chi connectivity index (χ3v) is 3.42. The highest BCUT2D eigenvalue weighted by Gasteiger charge is 2.21. The molecule has 0 amide bonds. The van der Waals surface area contributed by atoms with Crippen molar-refractivity contribution in [3.8, 4) is 0 Å². The van der Waals surface area contributed by atoms with Crippen molar-refractivity contribution in [3.63, 3.8) is 0 Å². The van der Waals surface area contributed by atoms with Gasteiger partial charge in [0.05, 0.1) is 16.0 Å². The second kappa shape index (κ2) is 5.26.